The molecule has 0 radical (unpaired) electrons. The molecule has 1 aromatic heterocycles. The van der Waals surface area contributed by atoms with Crippen molar-refractivity contribution in [1.29, 1.82) is 0 Å². The molecule has 0 spiro atoms. The molecule has 0 N–H and O–H groups in total. The number of oxime groups is 1. The van der Waals surface area contributed by atoms with Crippen LogP contribution < -0.4 is 0 Å². The van der Waals surface area contributed by atoms with E-state index in [0.29, 0.717) is 0 Å². The minimum atomic E-state index is -0.568. The number of hydrogen-bond donors (Lipinski definition) is 0. The van der Waals surface area contributed by atoms with E-state index in [1.165, 1.54) is 11.8 Å². The summed E-state index contributed by atoms with van der Waals surface area (Å²) in [5.74, 6) is -0.406. The van der Waals surface area contributed by atoms with Gasteiger partial charge < -0.3 is 9.25 Å². The Balaban J connectivity index is 2.06. The Morgan fingerprint density at radius 1 is 1.44 bits per heavy atom. The fourth-order valence-electron chi connectivity index (χ4n) is 2.29. The average molecular weight is 247 g/mol. The number of carbonyl (C=O) groups is 1. The third-order valence-electron chi connectivity index (χ3n) is 2.80. The van der Waals surface area contributed by atoms with Gasteiger partial charge in [-0.05, 0) is 43.4 Å². The molecule has 4 heteroatoms. The molecule has 0 saturated heterocycles. The predicted octanol–water partition coefficient (Wildman–Crippen LogP) is 3.56. The van der Waals surface area contributed by atoms with E-state index in [-0.39, 0.29) is 11.2 Å². The highest BCUT2D eigenvalue weighted by molar-refractivity contribution is 5.97. The Hall–Kier alpha value is -1.84. The maximum Gasteiger partial charge on any atom is 0.400 e. The molecule has 0 bridgehead atoms. The molecular weight excluding hydrogens is 230 g/mol. The fraction of sp³-hybridized carbons (Fsp3) is 0.429. The first kappa shape index (κ1) is 12.6. The van der Waals surface area contributed by atoms with E-state index in [0.717, 1.165) is 18.6 Å². The molecule has 96 valence electrons. The fourth-order valence-corrected chi connectivity index (χ4v) is 2.29. The first-order valence-electron chi connectivity index (χ1n) is 5.95. The lowest BCUT2D eigenvalue weighted by Gasteiger charge is -2.28. The van der Waals surface area contributed by atoms with Gasteiger partial charge in [-0.1, -0.05) is 24.6 Å². The summed E-state index contributed by atoms with van der Waals surface area (Å²) >= 11 is 0. The van der Waals surface area contributed by atoms with Gasteiger partial charge in [-0.25, -0.2) is 4.79 Å². The van der Waals surface area contributed by atoms with Crippen LogP contribution in [0.1, 0.15) is 44.2 Å². The van der Waals surface area contributed by atoms with Crippen LogP contribution in [0.2, 0.25) is 0 Å². The number of furan rings is 1. The van der Waals surface area contributed by atoms with Crippen molar-refractivity contribution in [3.8, 4) is 0 Å². The van der Waals surface area contributed by atoms with Crippen molar-refractivity contribution in [3.05, 3.63) is 35.8 Å². The van der Waals surface area contributed by atoms with Crippen LogP contribution >= 0.6 is 0 Å². The lowest BCUT2D eigenvalue weighted by Crippen LogP contribution is -2.21. The number of hydrogen-bond acceptors (Lipinski definition) is 4. The second-order valence-corrected chi connectivity index (χ2v) is 5.45. The van der Waals surface area contributed by atoms with Crippen molar-refractivity contribution < 1.29 is 14.0 Å². The van der Waals surface area contributed by atoms with E-state index in [4.69, 9.17) is 9.25 Å². The summed E-state index contributed by atoms with van der Waals surface area (Å²) in [6, 6.07) is 3.19. The van der Waals surface area contributed by atoms with Crippen molar-refractivity contribution in [2.24, 2.45) is 10.6 Å². The Labute approximate surface area is 106 Å². The molecule has 1 heterocycles. The first-order chi connectivity index (χ1) is 8.46. The third kappa shape index (κ3) is 3.09. The van der Waals surface area contributed by atoms with Gasteiger partial charge in [0.05, 0.1) is 12.0 Å². The first-order valence-corrected chi connectivity index (χ1v) is 5.95. The molecule has 4 nitrogen and oxygen atoms in total. The molecule has 0 amide bonds. The highest BCUT2D eigenvalue weighted by Gasteiger charge is 2.25. The zero-order valence-corrected chi connectivity index (χ0v) is 10.9. The highest BCUT2D eigenvalue weighted by atomic mass is 16.7. The van der Waals surface area contributed by atoms with Crippen molar-refractivity contribution in [1.82, 2.24) is 0 Å². The lowest BCUT2D eigenvalue weighted by molar-refractivity contribution is 0.0478. The van der Waals surface area contributed by atoms with E-state index in [9.17, 15) is 4.79 Å². The van der Waals surface area contributed by atoms with Crippen LogP contribution in [0.4, 0.5) is 0 Å². The van der Waals surface area contributed by atoms with Crippen molar-refractivity contribution in [2.75, 3.05) is 0 Å². The van der Waals surface area contributed by atoms with Gasteiger partial charge in [0.15, 0.2) is 0 Å². The van der Waals surface area contributed by atoms with Gasteiger partial charge in [-0.3, -0.25) is 0 Å². The quantitative estimate of drug-likeness (QED) is 0.593. The molecule has 0 atom stereocenters. The summed E-state index contributed by atoms with van der Waals surface area (Å²) in [6.45, 7) is 6.41. The van der Waals surface area contributed by atoms with Gasteiger partial charge in [0.2, 0.25) is 5.76 Å². The van der Waals surface area contributed by atoms with Gasteiger partial charge >= 0.3 is 5.97 Å². The molecule has 0 aliphatic heterocycles. The van der Waals surface area contributed by atoms with Crippen LogP contribution in [0, 0.1) is 5.41 Å². The van der Waals surface area contributed by atoms with Crippen molar-refractivity contribution >= 4 is 11.7 Å². The van der Waals surface area contributed by atoms with Crippen LogP contribution in [0.15, 0.2) is 39.6 Å². The van der Waals surface area contributed by atoms with E-state index in [1.54, 1.807) is 12.1 Å². The number of rotatable bonds is 2. The topological polar surface area (TPSA) is 51.8 Å². The summed E-state index contributed by atoms with van der Waals surface area (Å²) in [6.07, 6.45) is 5.24. The molecule has 0 fully saturated rings. The Kier molecular flexibility index (Phi) is 3.36. The standard InChI is InChI=1S/C14H17NO3/c1-10-7-11(9-14(2,3)8-10)15-18-13(16)12-5-4-6-17-12/h4-7H,8-9H2,1-3H3/b15-11+. The second kappa shape index (κ2) is 4.80. The van der Waals surface area contributed by atoms with Gasteiger partial charge in [0.1, 0.15) is 0 Å². The Bertz CT molecular complexity index is 495. The molecule has 1 aliphatic rings. The van der Waals surface area contributed by atoms with Crippen molar-refractivity contribution in [3.63, 3.8) is 0 Å². The SMILES string of the molecule is CC1=C/C(=N\OC(=O)c2ccco2)CC(C)(C)C1. The van der Waals surface area contributed by atoms with Gasteiger partial charge in [0, 0.05) is 0 Å². The average Bonchev–Trinajstić information content (AvgIpc) is 2.76. The van der Waals surface area contributed by atoms with E-state index < -0.39 is 5.97 Å². The molecule has 1 aliphatic carbocycles. The summed E-state index contributed by atoms with van der Waals surface area (Å²) < 4.78 is 4.94. The zero-order valence-electron chi connectivity index (χ0n) is 10.9. The van der Waals surface area contributed by atoms with Gasteiger partial charge in [-0.2, -0.15) is 0 Å². The second-order valence-electron chi connectivity index (χ2n) is 5.45. The van der Waals surface area contributed by atoms with Crippen LogP contribution in [0.25, 0.3) is 0 Å². The molecule has 18 heavy (non-hydrogen) atoms. The predicted molar refractivity (Wildman–Crippen MR) is 68.3 cm³/mol. The maximum atomic E-state index is 11.5. The summed E-state index contributed by atoms with van der Waals surface area (Å²) in [5.41, 5.74) is 2.21. The molecule has 0 unspecified atom stereocenters. The van der Waals surface area contributed by atoms with Gasteiger partial charge in [-0.15, -0.1) is 0 Å². The van der Waals surface area contributed by atoms with E-state index >= 15 is 0 Å². The zero-order chi connectivity index (χ0) is 13.2. The molecule has 0 aromatic carbocycles. The van der Waals surface area contributed by atoms with Crippen LogP contribution in [0.3, 0.4) is 0 Å². The molecule has 0 saturated carbocycles. The number of allylic oxidation sites excluding steroid dienone is 2. The van der Waals surface area contributed by atoms with Crippen LogP contribution in [-0.2, 0) is 4.84 Å². The maximum absolute atomic E-state index is 11.5. The number of carbonyl (C=O) groups excluding carboxylic acids is 1. The Morgan fingerprint density at radius 2 is 2.22 bits per heavy atom. The number of nitrogens with zero attached hydrogens (tertiary/aromatic N) is 1. The lowest BCUT2D eigenvalue weighted by atomic mass is 9.77. The van der Waals surface area contributed by atoms with Gasteiger partial charge in [0.25, 0.3) is 0 Å². The minimum absolute atomic E-state index is 0.161. The molecule has 1 aromatic rings. The third-order valence-corrected chi connectivity index (χ3v) is 2.80. The summed E-state index contributed by atoms with van der Waals surface area (Å²) in [7, 11) is 0. The molecule has 2 rings (SSSR count). The van der Waals surface area contributed by atoms with E-state index in [1.807, 2.05) is 6.08 Å². The van der Waals surface area contributed by atoms with Crippen molar-refractivity contribution in [2.45, 2.75) is 33.6 Å². The minimum Gasteiger partial charge on any atom is -0.457 e. The molecular formula is C14H17NO3. The Morgan fingerprint density at radius 3 is 2.83 bits per heavy atom. The normalized spacial score (nSPS) is 20.6. The highest BCUT2D eigenvalue weighted by Crippen LogP contribution is 2.33. The van der Waals surface area contributed by atoms with E-state index in [2.05, 4.69) is 25.9 Å². The smallest absolute Gasteiger partial charge is 0.400 e. The largest absolute Gasteiger partial charge is 0.457 e. The summed E-state index contributed by atoms with van der Waals surface area (Å²) in [4.78, 5) is 16.4. The van der Waals surface area contributed by atoms with Crippen LogP contribution in [-0.4, -0.2) is 11.7 Å². The van der Waals surface area contributed by atoms with Crippen LogP contribution in [0.5, 0.6) is 0 Å². The summed E-state index contributed by atoms with van der Waals surface area (Å²) in [5, 5.41) is 3.92. The monoisotopic (exact) mass is 247 g/mol.